The Balaban J connectivity index is 2.01. The zero-order valence-corrected chi connectivity index (χ0v) is 7.97. The average Bonchev–Trinajstić information content (AvgIpc) is 2.32. The second-order valence-electron chi connectivity index (χ2n) is 4.80. The molecule has 2 nitrogen and oxygen atoms in total. The lowest BCUT2D eigenvalue weighted by Gasteiger charge is -2.55. The molecule has 1 heterocycles. The largest absolute Gasteiger partial charge is 0.346 e. The van der Waals surface area contributed by atoms with E-state index in [1.165, 1.54) is 31.3 Å². The van der Waals surface area contributed by atoms with Crippen LogP contribution in [0.15, 0.2) is 11.6 Å². The van der Waals surface area contributed by atoms with Crippen molar-refractivity contribution in [2.45, 2.75) is 38.1 Å². The predicted octanol–water partition coefficient (Wildman–Crippen LogP) is 1.62. The van der Waals surface area contributed by atoms with Crippen LogP contribution in [-0.4, -0.2) is 11.4 Å². The molecule has 1 amide bonds. The van der Waals surface area contributed by atoms with Gasteiger partial charge in [0.25, 0.3) is 0 Å². The third kappa shape index (κ3) is 0.767. The van der Waals surface area contributed by atoms with Crippen LogP contribution in [0.4, 0.5) is 0 Å². The molecule has 2 heteroatoms. The van der Waals surface area contributed by atoms with Crippen LogP contribution < -0.4 is 5.32 Å². The summed E-state index contributed by atoms with van der Waals surface area (Å²) in [7, 11) is 0. The van der Waals surface area contributed by atoms with E-state index in [9.17, 15) is 4.79 Å². The molecule has 13 heavy (non-hydrogen) atoms. The average molecular weight is 177 g/mol. The van der Waals surface area contributed by atoms with Gasteiger partial charge in [-0.05, 0) is 32.1 Å². The van der Waals surface area contributed by atoms with E-state index in [0.29, 0.717) is 5.92 Å². The van der Waals surface area contributed by atoms with E-state index in [2.05, 4.69) is 12.2 Å². The van der Waals surface area contributed by atoms with E-state index in [1.54, 1.807) is 6.08 Å². The summed E-state index contributed by atoms with van der Waals surface area (Å²) in [6, 6.07) is 0. The summed E-state index contributed by atoms with van der Waals surface area (Å²) in [6.07, 6.45) is 6.92. The highest BCUT2D eigenvalue weighted by Crippen LogP contribution is 2.57. The molecule has 0 radical (unpaired) electrons. The van der Waals surface area contributed by atoms with Crippen molar-refractivity contribution in [2.75, 3.05) is 0 Å². The maximum Gasteiger partial charge on any atom is 0.244 e. The SMILES string of the molecule is CC1=CC(=O)N[C@]23CCC[C@H]2C[C@H]13. The fourth-order valence-electron chi connectivity index (χ4n) is 3.64. The van der Waals surface area contributed by atoms with E-state index < -0.39 is 0 Å². The van der Waals surface area contributed by atoms with Gasteiger partial charge in [-0.2, -0.15) is 0 Å². The van der Waals surface area contributed by atoms with Gasteiger partial charge in [-0.1, -0.05) is 12.0 Å². The maximum atomic E-state index is 11.4. The first kappa shape index (κ1) is 7.60. The fourth-order valence-corrected chi connectivity index (χ4v) is 3.64. The second kappa shape index (κ2) is 2.17. The topological polar surface area (TPSA) is 29.1 Å². The zero-order chi connectivity index (χ0) is 9.05. The Morgan fingerprint density at radius 1 is 1.62 bits per heavy atom. The number of carbonyl (C=O) groups is 1. The van der Waals surface area contributed by atoms with Crippen LogP contribution in [0.3, 0.4) is 0 Å². The minimum Gasteiger partial charge on any atom is -0.346 e. The lowest BCUT2D eigenvalue weighted by Crippen LogP contribution is -2.65. The highest BCUT2D eigenvalue weighted by atomic mass is 16.1. The van der Waals surface area contributed by atoms with E-state index in [0.717, 1.165) is 5.92 Å². The van der Waals surface area contributed by atoms with Crippen molar-refractivity contribution in [3.05, 3.63) is 11.6 Å². The van der Waals surface area contributed by atoms with Gasteiger partial charge in [-0.3, -0.25) is 4.79 Å². The number of hydrogen-bond donors (Lipinski definition) is 1. The Morgan fingerprint density at radius 2 is 2.46 bits per heavy atom. The van der Waals surface area contributed by atoms with Gasteiger partial charge in [0.2, 0.25) is 5.91 Å². The van der Waals surface area contributed by atoms with Crippen LogP contribution in [0.2, 0.25) is 0 Å². The van der Waals surface area contributed by atoms with E-state index in [4.69, 9.17) is 0 Å². The maximum absolute atomic E-state index is 11.4. The first-order valence-electron chi connectivity index (χ1n) is 5.23. The summed E-state index contributed by atoms with van der Waals surface area (Å²) in [5, 5.41) is 3.21. The highest BCUT2D eigenvalue weighted by molar-refractivity contribution is 5.90. The molecule has 1 spiro atoms. The smallest absolute Gasteiger partial charge is 0.244 e. The molecule has 1 aliphatic heterocycles. The van der Waals surface area contributed by atoms with Crippen molar-refractivity contribution in [2.24, 2.45) is 11.8 Å². The lowest BCUT2D eigenvalue weighted by atomic mass is 9.56. The molecule has 0 saturated heterocycles. The molecule has 3 rings (SSSR count). The standard InChI is InChI=1S/C11H15NO/c1-7-5-10(13)12-11-4-2-3-8(11)6-9(7)11/h5,8-9H,2-4,6H2,1H3,(H,12,13)/t8-,9+,11+/m0/s1. The molecule has 0 unspecified atom stereocenters. The van der Waals surface area contributed by atoms with Gasteiger partial charge in [0.1, 0.15) is 0 Å². The normalized spacial score (nSPS) is 47.2. The molecule has 0 bridgehead atoms. The third-order valence-corrected chi connectivity index (χ3v) is 4.28. The van der Waals surface area contributed by atoms with Gasteiger partial charge in [0, 0.05) is 17.5 Å². The van der Waals surface area contributed by atoms with Crippen molar-refractivity contribution >= 4 is 5.91 Å². The minimum atomic E-state index is 0.139. The monoisotopic (exact) mass is 177 g/mol. The van der Waals surface area contributed by atoms with Gasteiger partial charge < -0.3 is 5.32 Å². The van der Waals surface area contributed by atoms with Crippen molar-refractivity contribution in [3.63, 3.8) is 0 Å². The molecule has 2 aliphatic carbocycles. The number of amides is 1. The number of carbonyl (C=O) groups excluding carboxylic acids is 1. The molecular weight excluding hydrogens is 162 g/mol. The summed E-state index contributed by atoms with van der Waals surface area (Å²) < 4.78 is 0. The first-order valence-corrected chi connectivity index (χ1v) is 5.23. The number of rotatable bonds is 0. The quantitative estimate of drug-likeness (QED) is 0.598. The van der Waals surface area contributed by atoms with Crippen LogP contribution in [0.5, 0.6) is 0 Å². The summed E-state index contributed by atoms with van der Waals surface area (Å²) in [5.41, 5.74) is 1.51. The van der Waals surface area contributed by atoms with Crippen LogP contribution in [0.25, 0.3) is 0 Å². The van der Waals surface area contributed by atoms with Crippen molar-refractivity contribution < 1.29 is 4.79 Å². The molecule has 2 saturated carbocycles. The summed E-state index contributed by atoms with van der Waals surface area (Å²) in [5.74, 6) is 1.59. The second-order valence-corrected chi connectivity index (χ2v) is 4.80. The Labute approximate surface area is 78.4 Å². The lowest BCUT2D eigenvalue weighted by molar-refractivity contribution is -0.123. The summed E-state index contributed by atoms with van der Waals surface area (Å²) in [4.78, 5) is 11.4. The Hall–Kier alpha value is -0.790. The number of hydrogen-bond acceptors (Lipinski definition) is 1. The van der Waals surface area contributed by atoms with Crippen LogP contribution in [0, 0.1) is 11.8 Å². The summed E-state index contributed by atoms with van der Waals surface area (Å²) >= 11 is 0. The van der Waals surface area contributed by atoms with Gasteiger partial charge >= 0.3 is 0 Å². The molecule has 2 fully saturated rings. The Morgan fingerprint density at radius 3 is 3.23 bits per heavy atom. The van der Waals surface area contributed by atoms with Crippen LogP contribution in [-0.2, 0) is 4.79 Å². The molecule has 3 aliphatic rings. The Kier molecular flexibility index (Phi) is 1.27. The third-order valence-electron chi connectivity index (χ3n) is 4.28. The van der Waals surface area contributed by atoms with Crippen molar-refractivity contribution in [3.8, 4) is 0 Å². The van der Waals surface area contributed by atoms with Gasteiger partial charge in [-0.15, -0.1) is 0 Å². The summed E-state index contributed by atoms with van der Waals surface area (Å²) in [6.45, 7) is 2.11. The molecule has 0 aromatic carbocycles. The van der Waals surface area contributed by atoms with E-state index >= 15 is 0 Å². The molecule has 0 aromatic rings. The van der Waals surface area contributed by atoms with E-state index in [1.807, 2.05) is 0 Å². The van der Waals surface area contributed by atoms with Crippen molar-refractivity contribution in [1.82, 2.24) is 5.32 Å². The fraction of sp³-hybridized carbons (Fsp3) is 0.727. The van der Waals surface area contributed by atoms with Crippen LogP contribution >= 0.6 is 0 Å². The van der Waals surface area contributed by atoms with Gasteiger partial charge in [0.15, 0.2) is 0 Å². The molecule has 1 N–H and O–H groups in total. The predicted molar refractivity (Wildman–Crippen MR) is 50.1 cm³/mol. The van der Waals surface area contributed by atoms with Gasteiger partial charge in [-0.25, -0.2) is 0 Å². The molecular formula is C11H15NO. The number of nitrogens with one attached hydrogen (secondary N) is 1. The first-order chi connectivity index (χ1) is 6.22. The van der Waals surface area contributed by atoms with Crippen molar-refractivity contribution in [1.29, 1.82) is 0 Å². The van der Waals surface area contributed by atoms with E-state index in [-0.39, 0.29) is 11.4 Å². The Bertz CT molecular complexity index is 307. The molecule has 70 valence electrons. The highest BCUT2D eigenvalue weighted by Gasteiger charge is 2.59. The minimum absolute atomic E-state index is 0.139. The van der Waals surface area contributed by atoms with Crippen LogP contribution in [0.1, 0.15) is 32.6 Å². The molecule has 3 atom stereocenters. The molecule has 0 aromatic heterocycles. The zero-order valence-electron chi connectivity index (χ0n) is 7.97. The van der Waals surface area contributed by atoms with Gasteiger partial charge in [0.05, 0.1) is 0 Å².